The molecule has 1 aliphatic rings. The Morgan fingerprint density at radius 1 is 0.821 bits per heavy atom. The highest BCUT2D eigenvalue weighted by atomic mass is 16.1. The second-order valence-corrected chi connectivity index (χ2v) is 9.60. The van der Waals surface area contributed by atoms with E-state index >= 15 is 0 Å². The Hall–Kier alpha value is -5.09. The Kier molecular flexibility index (Phi) is 6.67. The number of hydrogen-bond donors (Lipinski definition) is 0. The highest BCUT2D eigenvalue weighted by Crippen LogP contribution is 2.26. The molecule has 7 heteroatoms. The lowest BCUT2D eigenvalue weighted by molar-refractivity contribution is 0.0993. The van der Waals surface area contributed by atoms with Gasteiger partial charge in [0, 0.05) is 56.2 Å². The molecule has 0 amide bonds. The van der Waals surface area contributed by atoms with Gasteiger partial charge in [0.15, 0.2) is 5.78 Å². The lowest BCUT2D eigenvalue weighted by atomic mass is 9.98. The predicted octanol–water partition coefficient (Wildman–Crippen LogP) is 5.32. The van der Waals surface area contributed by atoms with Gasteiger partial charge in [0.05, 0.1) is 28.9 Å². The molecule has 190 valence electrons. The average Bonchev–Trinajstić information content (AvgIpc) is 3.01. The van der Waals surface area contributed by atoms with Crippen LogP contribution in [0.5, 0.6) is 0 Å². The third-order valence-corrected chi connectivity index (χ3v) is 7.13. The molecule has 1 saturated heterocycles. The second-order valence-electron chi connectivity index (χ2n) is 9.60. The zero-order valence-electron chi connectivity index (χ0n) is 21.4. The van der Waals surface area contributed by atoms with Crippen LogP contribution in [-0.4, -0.2) is 46.9 Å². The van der Waals surface area contributed by atoms with Crippen LogP contribution in [0.1, 0.15) is 21.5 Å². The average molecular weight is 511 g/mol. The summed E-state index contributed by atoms with van der Waals surface area (Å²) < 4.78 is 0. The van der Waals surface area contributed by atoms with Crippen LogP contribution in [0.2, 0.25) is 0 Å². The molecule has 6 rings (SSSR count). The summed E-state index contributed by atoms with van der Waals surface area (Å²) in [7, 11) is 0. The predicted molar refractivity (Wildman–Crippen MR) is 153 cm³/mol. The van der Waals surface area contributed by atoms with Gasteiger partial charge in [-0.05, 0) is 53.1 Å². The van der Waals surface area contributed by atoms with Gasteiger partial charge in [-0.15, -0.1) is 0 Å². The van der Waals surface area contributed by atoms with Crippen LogP contribution in [0.15, 0.2) is 97.5 Å². The van der Waals surface area contributed by atoms with Crippen LogP contribution in [0.25, 0.3) is 22.2 Å². The molecule has 0 N–H and O–H groups in total. The summed E-state index contributed by atoms with van der Waals surface area (Å²) in [5.74, 6) is 0.887. The van der Waals surface area contributed by atoms with Gasteiger partial charge in [-0.25, -0.2) is 4.98 Å². The van der Waals surface area contributed by atoms with Crippen molar-refractivity contribution in [2.24, 2.45) is 0 Å². The van der Waals surface area contributed by atoms with Crippen LogP contribution in [0, 0.1) is 11.3 Å². The van der Waals surface area contributed by atoms with Crippen molar-refractivity contribution in [1.29, 1.82) is 5.26 Å². The monoisotopic (exact) mass is 510 g/mol. The number of rotatable bonds is 6. The van der Waals surface area contributed by atoms with Crippen molar-refractivity contribution in [2.75, 3.05) is 36.0 Å². The maximum atomic E-state index is 12.7. The van der Waals surface area contributed by atoms with Crippen molar-refractivity contribution in [1.82, 2.24) is 15.0 Å². The number of aromatic nitrogens is 3. The Balaban J connectivity index is 1.16. The Labute approximate surface area is 227 Å². The van der Waals surface area contributed by atoms with Crippen molar-refractivity contribution in [3.05, 3.63) is 114 Å². The van der Waals surface area contributed by atoms with Gasteiger partial charge in [0.25, 0.3) is 0 Å². The molecule has 0 radical (unpaired) electrons. The third-order valence-electron chi connectivity index (χ3n) is 7.13. The third kappa shape index (κ3) is 5.32. The van der Waals surface area contributed by atoms with E-state index < -0.39 is 0 Å². The van der Waals surface area contributed by atoms with Crippen molar-refractivity contribution in [2.45, 2.75) is 6.42 Å². The fourth-order valence-electron chi connectivity index (χ4n) is 4.95. The number of ketones is 1. The molecule has 0 spiro atoms. The van der Waals surface area contributed by atoms with Crippen LogP contribution >= 0.6 is 0 Å². The number of hydrogen-bond acceptors (Lipinski definition) is 7. The van der Waals surface area contributed by atoms with Crippen LogP contribution in [-0.2, 0) is 6.42 Å². The van der Waals surface area contributed by atoms with Crippen LogP contribution in [0.4, 0.5) is 11.5 Å². The standard InChI is InChI=1S/C32H26N6O/c33-21-24-2-1-3-27(18-24)31(39)19-23-4-6-25(7-5-23)26-8-9-29-30(20-26)36-32(22-35-29)38-16-14-37(15-17-38)28-10-12-34-13-11-28/h1-13,18,20,22H,14-17,19H2. The minimum absolute atomic E-state index is 0.00466. The fraction of sp³-hybridized carbons (Fsp3) is 0.156. The van der Waals surface area contributed by atoms with E-state index in [0.717, 1.165) is 59.7 Å². The van der Waals surface area contributed by atoms with Gasteiger partial charge in [-0.2, -0.15) is 5.26 Å². The number of nitriles is 1. The minimum Gasteiger partial charge on any atom is -0.368 e. The molecule has 7 nitrogen and oxygen atoms in total. The maximum Gasteiger partial charge on any atom is 0.167 e. The topological polar surface area (TPSA) is 86.0 Å². The fourth-order valence-corrected chi connectivity index (χ4v) is 4.95. The first-order chi connectivity index (χ1) is 19.2. The summed E-state index contributed by atoms with van der Waals surface area (Å²) in [6, 6.07) is 27.2. The number of benzene rings is 3. The molecule has 0 atom stereocenters. The number of carbonyl (C=O) groups excluding carboxylic acids is 1. The number of pyridine rings is 1. The zero-order chi connectivity index (χ0) is 26.6. The quantitative estimate of drug-likeness (QED) is 0.286. The van der Waals surface area contributed by atoms with Crippen molar-refractivity contribution < 1.29 is 4.79 Å². The molecule has 1 aliphatic heterocycles. The SMILES string of the molecule is N#Cc1cccc(C(=O)Cc2ccc(-c3ccc4ncc(N5CCN(c6ccncc6)CC5)nc4c3)cc2)c1. The van der Waals surface area contributed by atoms with Crippen molar-refractivity contribution >= 4 is 28.3 Å². The smallest absolute Gasteiger partial charge is 0.167 e. The molecule has 1 fully saturated rings. The number of nitrogens with zero attached hydrogens (tertiary/aromatic N) is 6. The Morgan fingerprint density at radius 2 is 1.56 bits per heavy atom. The van der Waals surface area contributed by atoms with Gasteiger partial charge in [-0.1, -0.05) is 42.5 Å². The summed E-state index contributed by atoms with van der Waals surface area (Å²) in [4.78, 5) is 31.1. The van der Waals surface area contributed by atoms with E-state index in [1.54, 1.807) is 24.3 Å². The number of Topliss-reactive ketones (excluding diaryl/α,β-unsaturated/α-hetero) is 1. The van der Waals surface area contributed by atoms with Gasteiger partial charge in [-0.3, -0.25) is 14.8 Å². The molecule has 0 bridgehead atoms. The molecular weight excluding hydrogens is 484 g/mol. The highest BCUT2D eigenvalue weighted by Gasteiger charge is 2.19. The second kappa shape index (κ2) is 10.7. The van der Waals surface area contributed by atoms with Gasteiger partial charge < -0.3 is 9.80 Å². The summed E-state index contributed by atoms with van der Waals surface area (Å²) in [6.07, 6.45) is 5.81. The maximum absolute atomic E-state index is 12.7. The van der Waals surface area contributed by atoms with Gasteiger partial charge in [0.2, 0.25) is 0 Å². The molecule has 5 aromatic rings. The molecule has 0 unspecified atom stereocenters. The van der Waals surface area contributed by atoms with E-state index in [2.05, 4.69) is 38.0 Å². The largest absolute Gasteiger partial charge is 0.368 e. The van der Waals surface area contributed by atoms with E-state index in [9.17, 15) is 4.79 Å². The first kappa shape index (κ1) is 24.3. The zero-order valence-corrected chi connectivity index (χ0v) is 21.4. The van der Waals surface area contributed by atoms with Crippen molar-refractivity contribution in [3.8, 4) is 17.2 Å². The van der Waals surface area contributed by atoms with Crippen LogP contribution < -0.4 is 9.80 Å². The lowest BCUT2D eigenvalue weighted by Crippen LogP contribution is -2.46. The number of fused-ring (bicyclic) bond motifs is 1. The summed E-state index contributed by atoms with van der Waals surface area (Å²) in [5.41, 5.74) is 7.00. The molecule has 3 aromatic carbocycles. The number of anilines is 2. The van der Waals surface area contributed by atoms with Gasteiger partial charge in [0.1, 0.15) is 5.82 Å². The Bertz CT molecular complexity index is 1670. The molecule has 0 aliphatic carbocycles. The van der Waals surface area contributed by atoms with E-state index in [-0.39, 0.29) is 12.2 Å². The molecule has 39 heavy (non-hydrogen) atoms. The van der Waals surface area contributed by atoms with Crippen LogP contribution in [0.3, 0.4) is 0 Å². The minimum atomic E-state index is -0.00466. The van der Waals surface area contributed by atoms with E-state index in [4.69, 9.17) is 10.2 Å². The number of piperazine rings is 1. The lowest BCUT2D eigenvalue weighted by Gasteiger charge is -2.36. The first-order valence-corrected chi connectivity index (χ1v) is 13.0. The van der Waals surface area contributed by atoms with E-state index in [0.29, 0.717) is 11.1 Å². The van der Waals surface area contributed by atoms with E-state index in [1.165, 1.54) is 5.69 Å². The van der Waals surface area contributed by atoms with Gasteiger partial charge >= 0.3 is 0 Å². The number of carbonyl (C=O) groups is 1. The molecular formula is C32H26N6O. The molecule has 2 aromatic heterocycles. The first-order valence-electron chi connectivity index (χ1n) is 13.0. The summed E-state index contributed by atoms with van der Waals surface area (Å²) >= 11 is 0. The Morgan fingerprint density at radius 3 is 2.33 bits per heavy atom. The summed E-state index contributed by atoms with van der Waals surface area (Å²) in [6.45, 7) is 3.59. The van der Waals surface area contributed by atoms with Crippen molar-refractivity contribution in [3.63, 3.8) is 0 Å². The normalized spacial score (nSPS) is 13.3. The van der Waals surface area contributed by atoms with E-state index in [1.807, 2.05) is 61.1 Å². The molecule has 3 heterocycles. The highest BCUT2D eigenvalue weighted by molar-refractivity contribution is 5.97. The molecule has 0 saturated carbocycles. The summed E-state index contributed by atoms with van der Waals surface area (Å²) in [5, 5.41) is 9.09.